The van der Waals surface area contributed by atoms with E-state index in [9.17, 15) is 4.79 Å². The minimum Gasteiger partial charge on any atom is -0.395 e. The van der Waals surface area contributed by atoms with Crippen molar-refractivity contribution in [1.29, 1.82) is 0 Å². The molecule has 1 aromatic heterocycles. The van der Waals surface area contributed by atoms with Crippen molar-refractivity contribution in [3.8, 4) is 0 Å². The SMILES string of the molecule is O=C(NCC1CCC2C1OCCN2CCO)c1cnccn1. The smallest absolute Gasteiger partial charge is 0.271 e. The van der Waals surface area contributed by atoms with Gasteiger partial charge >= 0.3 is 0 Å². The standard InChI is InChI=1S/C15H22N4O3/c20-7-5-19-6-8-22-14-11(1-2-13(14)19)9-18-15(21)12-10-16-3-4-17-12/h3-4,10-11,13-14,20H,1-2,5-9H2,(H,18,21). The summed E-state index contributed by atoms with van der Waals surface area (Å²) in [6.45, 7) is 3.03. The zero-order valence-corrected chi connectivity index (χ0v) is 12.5. The Kier molecular flexibility index (Phi) is 4.97. The number of hydrogen-bond acceptors (Lipinski definition) is 6. The van der Waals surface area contributed by atoms with E-state index in [2.05, 4.69) is 20.2 Å². The zero-order chi connectivity index (χ0) is 15.4. The van der Waals surface area contributed by atoms with Gasteiger partial charge in [0.15, 0.2) is 0 Å². The lowest BCUT2D eigenvalue weighted by molar-refractivity contribution is -0.0757. The molecule has 3 atom stereocenters. The van der Waals surface area contributed by atoms with Crippen LogP contribution in [0.15, 0.2) is 18.6 Å². The van der Waals surface area contributed by atoms with Gasteiger partial charge in [-0.1, -0.05) is 0 Å². The molecule has 1 amide bonds. The maximum absolute atomic E-state index is 12.0. The third-order valence-corrected chi connectivity index (χ3v) is 4.54. The lowest BCUT2D eigenvalue weighted by Gasteiger charge is -2.39. The number of morpholine rings is 1. The number of aliphatic hydroxyl groups excluding tert-OH is 1. The average Bonchev–Trinajstić information content (AvgIpc) is 2.98. The van der Waals surface area contributed by atoms with Crippen LogP contribution in [0.5, 0.6) is 0 Å². The summed E-state index contributed by atoms with van der Waals surface area (Å²) >= 11 is 0. The van der Waals surface area contributed by atoms with Gasteiger partial charge in [-0.05, 0) is 12.8 Å². The van der Waals surface area contributed by atoms with Gasteiger partial charge in [0, 0.05) is 44.0 Å². The van der Waals surface area contributed by atoms with Crippen LogP contribution < -0.4 is 5.32 Å². The minimum atomic E-state index is -0.195. The number of amides is 1. The number of carbonyl (C=O) groups excluding carboxylic acids is 1. The number of β-amino-alcohol motifs (C(OH)–C–C–N with tert-alkyl or cyclic N) is 1. The summed E-state index contributed by atoms with van der Waals surface area (Å²) in [6, 6.07) is 0.360. The lowest BCUT2D eigenvalue weighted by Crippen LogP contribution is -2.52. The third-order valence-electron chi connectivity index (χ3n) is 4.54. The highest BCUT2D eigenvalue weighted by molar-refractivity contribution is 5.91. The summed E-state index contributed by atoms with van der Waals surface area (Å²) in [5, 5.41) is 12.1. The van der Waals surface area contributed by atoms with E-state index < -0.39 is 0 Å². The van der Waals surface area contributed by atoms with Crippen LogP contribution in [-0.2, 0) is 4.74 Å². The van der Waals surface area contributed by atoms with Gasteiger partial charge in [-0.3, -0.25) is 14.7 Å². The van der Waals surface area contributed by atoms with E-state index in [1.54, 1.807) is 6.20 Å². The molecule has 1 saturated carbocycles. The number of rotatable bonds is 5. The van der Waals surface area contributed by atoms with Crippen LogP contribution in [0.1, 0.15) is 23.3 Å². The van der Waals surface area contributed by atoms with Crippen LogP contribution in [0.25, 0.3) is 0 Å². The Bertz CT molecular complexity index is 497. The number of fused-ring (bicyclic) bond motifs is 1. The second-order valence-electron chi connectivity index (χ2n) is 5.80. The molecule has 2 fully saturated rings. The first-order valence-electron chi connectivity index (χ1n) is 7.80. The molecule has 3 unspecified atom stereocenters. The number of aromatic nitrogens is 2. The average molecular weight is 306 g/mol. The van der Waals surface area contributed by atoms with E-state index >= 15 is 0 Å². The summed E-state index contributed by atoms with van der Waals surface area (Å²) in [7, 11) is 0. The Morgan fingerprint density at radius 2 is 2.36 bits per heavy atom. The lowest BCUT2D eigenvalue weighted by atomic mass is 10.0. The first-order chi connectivity index (χ1) is 10.8. The monoisotopic (exact) mass is 306 g/mol. The highest BCUT2D eigenvalue weighted by Gasteiger charge is 2.42. The molecular weight excluding hydrogens is 284 g/mol. The maximum atomic E-state index is 12.0. The topological polar surface area (TPSA) is 87.6 Å². The molecule has 1 aliphatic heterocycles. The fourth-order valence-electron chi connectivity index (χ4n) is 3.49. The molecule has 0 aromatic carbocycles. The van der Waals surface area contributed by atoms with Crippen LogP contribution in [0, 0.1) is 5.92 Å². The Labute approximate surface area is 129 Å². The van der Waals surface area contributed by atoms with Gasteiger partial charge in [0.05, 0.1) is 25.5 Å². The van der Waals surface area contributed by atoms with Crippen LogP contribution in [0.4, 0.5) is 0 Å². The largest absolute Gasteiger partial charge is 0.395 e. The van der Waals surface area contributed by atoms with E-state index in [1.165, 1.54) is 12.4 Å². The fourth-order valence-corrected chi connectivity index (χ4v) is 3.49. The summed E-state index contributed by atoms with van der Waals surface area (Å²) in [5.41, 5.74) is 0.337. The van der Waals surface area contributed by atoms with Crippen molar-refractivity contribution in [2.75, 3.05) is 32.8 Å². The number of hydrogen-bond donors (Lipinski definition) is 2. The Balaban J connectivity index is 1.54. The molecule has 7 nitrogen and oxygen atoms in total. The van der Waals surface area contributed by atoms with Crippen molar-refractivity contribution in [3.63, 3.8) is 0 Å². The highest BCUT2D eigenvalue weighted by atomic mass is 16.5. The van der Waals surface area contributed by atoms with Gasteiger partial charge in [0.25, 0.3) is 5.91 Å². The molecule has 1 aromatic rings. The van der Waals surface area contributed by atoms with E-state index in [1.807, 2.05) is 0 Å². The van der Waals surface area contributed by atoms with Crippen molar-refractivity contribution in [2.24, 2.45) is 5.92 Å². The molecular formula is C15H22N4O3. The highest BCUT2D eigenvalue weighted by Crippen LogP contribution is 2.34. The number of aliphatic hydroxyl groups is 1. The van der Waals surface area contributed by atoms with E-state index in [0.717, 1.165) is 19.4 Å². The van der Waals surface area contributed by atoms with Crippen molar-refractivity contribution in [3.05, 3.63) is 24.3 Å². The molecule has 22 heavy (non-hydrogen) atoms. The first kappa shape index (κ1) is 15.3. The molecule has 1 aliphatic carbocycles. The molecule has 2 aliphatic rings. The van der Waals surface area contributed by atoms with Crippen molar-refractivity contribution < 1.29 is 14.6 Å². The fraction of sp³-hybridized carbons (Fsp3) is 0.667. The van der Waals surface area contributed by atoms with Gasteiger partial charge in [-0.2, -0.15) is 0 Å². The molecule has 0 bridgehead atoms. The first-order valence-corrected chi connectivity index (χ1v) is 7.80. The molecule has 0 spiro atoms. The van der Waals surface area contributed by atoms with Gasteiger partial charge in [0.2, 0.25) is 0 Å². The molecule has 1 saturated heterocycles. The molecule has 120 valence electrons. The quantitative estimate of drug-likeness (QED) is 0.775. The predicted octanol–water partition coefficient (Wildman–Crippen LogP) is -0.322. The number of ether oxygens (including phenoxy) is 1. The van der Waals surface area contributed by atoms with Crippen molar-refractivity contribution >= 4 is 5.91 Å². The maximum Gasteiger partial charge on any atom is 0.271 e. The van der Waals surface area contributed by atoms with E-state index in [4.69, 9.17) is 9.84 Å². The Hall–Kier alpha value is -1.57. The third kappa shape index (κ3) is 3.26. The van der Waals surface area contributed by atoms with Crippen molar-refractivity contribution in [1.82, 2.24) is 20.2 Å². The Morgan fingerprint density at radius 1 is 1.45 bits per heavy atom. The van der Waals surface area contributed by atoms with Crippen LogP contribution in [0.3, 0.4) is 0 Å². The molecule has 2 heterocycles. The summed E-state index contributed by atoms with van der Waals surface area (Å²) in [4.78, 5) is 22.2. The van der Waals surface area contributed by atoms with Gasteiger partial charge in [0.1, 0.15) is 5.69 Å². The molecule has 0 radical (unpaired) electrons. The summed E-state index contributed by atoms with van der Waals surface area (Å²) in [6.07, 6.45) is 6.74. The predicted molar refractivity (Wildman–Crippen MR) is 79.3 cm³/mol. The summed E-state index contributed by atoms with van der Waals surface area (Å²) < 4.78 is 5.93. The Morgan fingerprint density at radius 3 is 3.14 bits per heavy atom. The molecule has 2 N–H and O–H groups in total. The van der Waals surface area contributed by atoms with E-state index in [0.29, 0.717) is 37.4 Å². The van der Waals surface area contributed by atoms with E-state index in [-0.39, 0.29) is 18.6 Å². The van der Waals surface area contributed by atoms with Crippen LogP contribution in [-0.4, -0.2) is 70.9 Å². The van der Waals surface area contributed by atoms with Gasteiger partial charge < -0.3 is 15.2 Å². The van der Waals surface area contributed by atoms with Gasteiger partial charge in [-0.15, -0.1) is 0 Å². The zero-order valence-electron chi connectivity index (χ0n) is 12.5. The summed E-state index contributed by atoms with van der Waals surface area (Å²) in [5.74, 6) is 0.117. The number of nitrogens with one attached hydrogen (secondary N) is 1. The minimum absolute atomic E-state index is 0.141. The second-order valence-corrected chi connectivity index (χ2v) is 5.80. The molecule has 7 heteroatoms. The normalized spacial score (nSPS) is 28.3. The van der Waals surface area contributed by atoms with Crippen LogP contribution in [0.2, 0.25) is 0 Å². The number of carbonyl (C=O) groups is 1. The second kappa shape index (κ2) is 7.13. The van der Waals surface area contributed by atoms with Crippen molar-refractivity contribution in [2.45, 2.75) is 25.0 Å². The van der Waals surface area contributed by atoms with Crippen LogP contribution >= 0.6 is 0 Å². The molecule has 3 rings (SSSR count). The van der Waals surface area contributed by atoms with Gasteiger partial charge in [-0.25, -0.2) is 4.98 Å². The number of nitrogens with zero attached hydrogens (tertiary/aromatic N) is 3.